The third kappa shape index (κ3) is 3.08. The number of hydrogen-bond donors (Lipinski definition) is 1. The van der Waals surface area contributed by atoms with E-state index >= 15 is 0 Å². The summed E-state index contributed by atoms with van der Waals surface area (Å²) in [6.07, 6.45) is -4.93. The van der Waals surface area contributed by atoms with E-state index in [9.17, 15) is 26.4 Å². The summed E-state index contributed by atoms with van der Waals surface area (Å²) in [6.45, 7) is 1.46. The summed E-state index contributed by atoms with van der Waals surface area (Å²) in [5.74, 6) is -1.51. The summed E-state index contributed by atoms with van der Waals surface area (Å²) in [7, 11) is -3.91. The first kappa shape index (κ1) is 15.2. The molecule has 2 atom stereocenters. The highest BCUT2D eigenvalue weighted by molar-refractivity contribution is 7.89. The number of carboxylic acid groups (broad SMARTS) is 1. The lowest BCUT2D eigenvalue weighted by Gasteiger charge is -2.25. The van der Waals surface area contributed by atoms with E-state index in [1.54, 1.807) is 0 Å². The van der Waals surface area contributed by atoms with E-state index in [0.29, 0.717) is 6.92 Å². The Kier molecular flexibility index (Phi) is 4.34. The van der Waals surface area contributed by atoms with Crippen LogP contribution < -0.4 is 0 Å². The summed E-state index contributed by atoms with van der Waals surface area (Å²) in [5, 5.41) is 5.88. The molecule has 0 saturated heterocycles. The standard InChI is InChI=1S/C7H12F3NO4S/c1-4(6(12)13)11(3)16(14,15)5(2)7(8,9)10/h4-5H,1-3H3,(H,12,13). The van der Waals surface area contributed by atoms with Gasteiger partial charge in [-0.2, -0.15) is 17.5 Å². The molecular weight excluding hydrogens is 251 g/mol. The molecule has 9 heteroatoms. The maximum absolute atomic E-state index is 12.2. The van der Waals surface area contributed by atoms with Gasteiger partial charge in [-0.15, -0.1) is 0 Å². The van der Waals surface area contributed by atoms with Gasteiger partial charge in [0.05, 0.1) is 0 Å². The number of likely N-dealkylation sites (N-methyl/N-ethyl adjacent to an activating group) is 1. The largest absolute Gasteiger partial charge is 0.480 e. The molecule has 0 rings (SSSR count). The summed E-state index contributed by atoms with van der Waals surface area (Å²) in [4.78, 5) is 10.5. The molecule has 0 aliphatic rings. The number of rotatable bonds is 4. The third-order valence-corrected chi connectivity index (χ3v) is 4.49. The quantitative estimate of drug-likeness (QED) is 0.809. The van der Waals surface area contributed by atoms with Crippen LogP contribution >= 0.6 is 0 Å². The zero-order chi connectivity index (χ0) is 13.3. The van der Waals surface area contributed by atoms with E-state index in [-0.39, 0.29) is 4.31 Å². The van der Waals surface area contributed by atoms with Crippen molar-refractivity contribution < 1.29 is 31.5 Å². The Labute approximate surface area is 90.9 Å². The van der Waals surface area contributed by atoms with Crippen molar-refractivity contribution in [2.24, 2.45) is 0 Å². The van der Waals surface area contributed by atoms with E-state index in [2.05, 4.69) is 0 Å². The molecule has 0 aromatic carbocycles. The van der Waals surface area contributed by atoms with Gasteiger partial charge in [0.2, 0.25) is 10.0 Å². The van der Waals surface area contributed by atoms with Gasteiger partial charge in [0.15, 0.2) is 5.25 Å². The Morgan fingerprint density at radius 1 is 1.31 bits per heavy atom. The van der Waals surface area contributed by atoms with Crippen LogP contribution in [0.5, 0.6) is 0 Å². The molecule has 0 aliphatic carbocycles. The number of aliphatic carboxylic acids is 1. The van der Waals surface area contributed by atoms with Gasteiger partial charge >= 0.3 is 12.1 Å². The van der Waals surface area contributed by atoms with Gasteiger partial charge in [-0.05, 0) is 13.8 Å². The molecule has 0 heterocycles. The molecule has 0 aromatic rings. The minimum atomic E-state index is -4.93. The highest BCUT2D eigenvalue weighted by atomic mass is 32.2. The molecule has 96 valence electrons. The summed E-state index contributed by atoms with van der Waals surface area (Å²) in [6, 6.07) is -1.55. The predicted molar refractivity (Wildman–Crippen MR) is 49.3 cm³/mol. The van der Waals surface area contributed by atoms with Crippen LogP contribution in [0.3, 0.4) is 0 Å². The second-order valence-electron chi connectivity index (χ2n) is 3.26. The number of nitrogens with zero attached hydrogens (tertiary/aromatic N) is 1. The zero-order valence-electron chi connectivity index (χ0n) is 8.82. The van der Waals surface area contributed by atoms with Crippen LogP contribution in [0.1, 0.15) is 13.8 Å². The first-order valence-electron chi connectivity index (χ1n) is 4.18. The fourth-order valence-electron chi connectivity index (χ4n) is 0.794. The average molecular weight is 263 g/mol. The second-order valence-corrected chi connectivity index (χ2v) is 5.57. The number of halogens is 3. The highest BCUT2D eigenvalue weighted by Gasteiger charge is 2.48. The number of hydrogen-bond acceptors (Lipinski definition) is 3. The fourth-order valence-corrected chi connectivity index (χ4v) is 2.16. The van der Waals surface area contributed by atoms with Crippen molar-refractivity contribution in [1.82, 2.24) is 4.31 Å². The fraction of sp³-hybridized carbons (Fsp3) is 0.857. The van der Waals surface area contributed by atoms with Crippen LogP contribution in [0.2, 0.25) is 0 Å². The molecule has 0 bridgehead atoms. The smallest absolute Gasteiger partial charge is 0.406 e. The number of sulfonamides is 1. The Morgan fingerprint density at radius 2 is 1.69 bits per heavy atom. The number of carboxylic acids is 1. The molecule has 0 aliphatic heterocycles. The van der Waals surface area contributed by atoms with Crippen LogP contribution in [0, 0.1) is 0 Å². The minimum Gasteiger partial charge on any atom is -0.480 e. The molecule has 0 spiro atoms. The lowest BCUT2D eigenvalue weighted by molar-refractivity contribution is -0.141. The first-order valence-corrected chi connectivity index (χ1v) is 5.69. The molecule has 0 saturated carbocycles. The highest BCUT2D eigenvalue weighted by Crippen LogP contribution is 2.27. The maximum atomic E-state index is 12.2. The lowest BCUT2D eigenvalue weighted by Crippen LogP contribution is -2.48. The SMILES string of the molecule is CC(C(=O)O)N(C)S(=O)(=O)C(C)C(F)(F)F. The summed E-state index contributed by atoms with van der Waals surface area (Å²) < 4.78 is 59.6. The maximum Gasteiger partial charge on any atom is 0.406 e. The second kappa shape index (κ2) is 4.58. The first-order chi connectivity index (χ1) is 6.92. The molecular formula is C7H12F3NO4S. The van der Waals surface area contributed by atoms with Gasteiger partial charge in [0.1, 0.15) is 6.04 Å². The molecule has 2 unspecified atom stereocenters. The van der Waals surface area contributed by atoms with E-state index in [0.717, 1.165) is 14.0 Å². The molecule has 0 fully saturated rings. The Bertz CT molecular complexity index is 364. The topological polar surface area (TPSA) is 74.7 Å². The van der Waals surface area contributed by atoms with Crippen molar-refractivity contribution in [3.8, 4) is 0 Å². The summed E-state index contributed by atoms with van der Waals surface area (Å²) >= 11 is 0. The van der Waals surface area contributed by atoms with E-state index in [1.807, 2.05) is 0 Å². The van der Waals surface area contributed by atoms with Crippen molar-refractivity contribution in [3.63, 3.8) is 0 Å². The molecule has 16 heavy (non-hydrogen) atoms. The van der Waals surface area contributed by atoms with Crippen molar-refractivity contribution >= 4 is 16.0 Å². The van der Waals surface area contributed by atoms with Gasteiger partial charge in [-0.25, -0.2) is 8.42 Å². The zero-order valence-corrected chi connectivity index (χ0v) is 9.63. The molecule has 0 aromatic heterocycles. The van der Waals surface area contributed by atoms with Gasteiger partial charge in [0, 0.05) is 7.05 Å². The number of carbonyl (C=O) groups is 1. The van der Waals surface area contributed by atoms with E-state index in [1.165, 1.54) is 0 Å². The van der Waals surface area contributed by atoms with E-state index in [4.69, 9.17) is 5.11 Å². The lowest BCUT2D eigenvalue weighted by atomic mass is 10.4. The Morgan fingerprint density at radius 3 is 1.94 bits per heavy atom. The molecule has 0 amide bonds. The van der Waals surface area contributed by atoms with Gasteiger partial charge < -0.3 is 5.11 Å². The Balaban J connectivity index is 5.16. The van der Waals surface area contributed by atoms with Crippen LogP contribution in [-0.2, 0) is 14.8 Å². The molecule has 1 N–H and O–H groups in total. The monoisotopic (exact) mass is 263 g/mol. The Hall–Kier alpha value is -0.830. The molecule has 0 radical (unpaired) electrons. The van der Waals surface area contributed by atoms with Crippen LogP contribution in [0.15, 0.2) is 0 Å². The average Bonchev–Trinajstić information content (AvgIpc) is 2.12. The summed E-state index contributed by atoms with van der Waals surface area (Å²) in [5.41, 5.74) is 0. The molecule has 5 nitrogen and oxygen atoms in total. The van der Waals surface area contributed by atoms with Crippen molar-refractivity contribution in [2.75, 3.05) is 7.05 Å². The third-order valence-electron chi connectivity index (χ3n) is 2.21. The van der Waals surface area contributed by atoms with Crippen molar-refractivity contribution in [3.05, 3.63) is 0 Å². The van der Waals surface area contributed by atoms with Crippen molar-refractivity contribution in [1.29, 1.82) is 0 Å². The number of alkyl halides is 3. The predicted octanol–water partition coefficient (Wildman–Crippen LogP) is 0.672. The van der Waals surface area contributed by atoms with Crippen LogP contribution in [-0.4, -0.2) is 48.3 Å². The van der Waals surface area contributed by atoms with Gasteiger partial charge in [-0.3, -0.25) is 4.79 Å². The van der Waals surface area contributed by atoms with Gasteiger partial charge in [-0.1, -0.05) is 0 Å². The van der Waals surface area contributed by atoms with Crippen LogP contribution in [0.4, 0.5) is 13.2 Å². The normalized spacial score (nSPS) is 17.2. The minimum absolute atomic E-state index is 0.202. The van der Waals surface area contributed by atoms with Crippen molar-refractivity contribution in [2.45, 2.75) is 31.3 Å². The van der Waals surface area contributed by atoms with E-state index < -0.39 is 33.5 Å². The van der Waals surface area contributed by atoms with Gasteiger partial charge in [0.25, 0.3) is 0 Å². The van der Waals surface area contributed by atoms with Crippen LogP contribution in [0.25, 0.3) is 0 Å².